The number of hydrogen-bond donors (Lipinski definition) is 1. The van der Waals surface area contributed by atoms with Crippen LogP contribution in [-0.2, 0) is 13.1 Å². The molecule has 0 spiro atoms. The summed E-state index contributed by atoms with van der Waals surface area (Å²) in [6.07, 6.45) is 3.16. The minimum atomic E-state index is -0.318. The van der Waals surface area contributed by atoms with Crippen molar-refractivity contribution in [1.29, 1.82) is 0 Å². The van der Waals surface area contributed by atoms with E-state index >= 15 is 0 Å². The molecular formula is C15H16ClN3O. The lowest BCUT2D eigenvalue weighted by Crippen LogP contribution is -2.23. The Morgan fingerprint density at radius 2 is 2.20 bits per heavy atom. The average Bonchev–Trinajstić information content (AvgIpc) is 2.45. The molecule has 0 fully saturated rings. The van der Waals surface area contributed by atoms with Crippen LogP contribution in [0.15, 0.2) is 47.9 Å². The molecule has 1 aromatic heterocycles. The van der Waals surface area contributed by atoms with Crippen LogP contribution in [0.5, 0.6) is 0 Å². The summed E-state index contributed by atoms with van der Waals surface area (Å²) >= 11 is 6.07. The number of nitrogens with one attached hydrogen (secondary N) is 1. The molecule has 0 aliphatic carbocycles. The third kappa shape index (κ3) is 3.08. The average molecular weight is 290 g/mol. The van der Waals surface area contributed by atoms with Crippen molar-refractivity contribution in [2.75, 3.05) is 5.32 Å². The lowest BCUT2D eigenvalue weighted by molar-refractivity contribution is 0.653. The van der Waals surface area contributed by atoms with Gasteiger partial charge in [0.15, 0.2) is 0 Å². The zero-order valence-corrected chi connectivity index (χ0v) is 12.0. The number of halogens is 1. The normalized spacial score (nSPS) is 10.3. The van der Waals surface area contributed by atoms with Gasteiger partial charge in [0, 0.05) is 6.54 Å². The number of allylic oxidation sites excluding steroid dienone is 1. The van der Waals surface area contributed by atoms with Crippen molar-refractivity contribution in [2.45, 2.75) is 20.0 Å². The van der Waals surface area contributed by atoms with Gasteiger partial charge >= 0.3 is 0 Å². The van der Waals surface area contributed by atoms with Crippen LogP contribution in [0.2, 0.25) is 5.02 Å². The number of anilines is 1. The zero-order chi connectivity index (χ0) is 14.5. The molecule has 0 saturated carbocycles. The first-order valence-corrected chi connectivity index (χ1v) is 6.66. The van der Waals surface area contributed by atoms with Gasteiger partial charge in [-0.25, -0.2) is 4.68 Å². The van der Waals surface area contributed by atoms with Gasteiger partial charge in [0.2, 0.25) is 0 Å². The van der Waals surface area contributed by atoms with E-state index in [1.54, 1.807) is 12.3 Å². The Hall–Kier alpha value is -2.07. The first kappa shape index (κ1) is 14.3. The van der Waals surface area contributed by atoms with Gasteiger partial charge in [-0.05, 0) is 18.1 Å². The second kappa shape index (κ2) is 6.39. The van der Waals surface area contributed by atoms with E-state index in [2.05, 4.69) is 17.0 Å². The minimum Gasteiger partial charge on any atom is -0.378 e. The molecule has 0 aliphatic heterocycles. The molecule has 0 radical (unpaired) electrons. The Balaban J connectivity index is 2.19. The zero-order valence-electron chi connectivity index (χ0n) is 11.3. The van der Waals surface area contributed by atoms with Gasteiger partial charge in [-0.3, -0.25) is 4.79 Å². The van der Waals surface area contributed by atoms with Crippen molar-refractivity contribution < 1.29 is 0 Å². The number of nitrogens with zero attached hydrogens (tertiary/aromatic N) is 2. The number of aromatic nitrogens is 2. The van der Waals surface area contributed by atoms with Gasteiger partial charge in [0.1, 0.15) is 5.02 Å². The summed E-state index contributed by atoms with van der Waals surface area (Å²) in [5, 5.41) is 7.34. The van der Waals surface area contributed by atoms with E-state index < -0.39 is 0 Å². The third-order valence-electron chi connectivity index (χ3n) is 3.02. The van der Waals surface area contributed by atoms with Gasteiger partial charge in [0.25, 0.3) is 5.56 Å². The largest absolute Gasteiger partial charge is 0.378 e. The number of benzene rings is 1. The maximum Gasteiger partial charge on any atom is 0.287 e. The summed E-state index contributed by atoms with van der Waals surface area (Å²) in [5.74, 6) is 0. The summed E-state index contributed by atoms with van der Waals surface area (Å²) in [4.78, 5) is 11.9. The molecule has 104 valence electrons. The first-order chi connectivity index (χ1) is 9.63. The topological polar surface area (TPSA) is 46.9 Å². The number of hydrogen-bond acceptors (Lipinski definition) is 3. The summed E-state index contributed by atoms with van der Waals surface area (Å²) < 4.78 is 1.27. The molecule has 0 amide bonds. The molecule has 0 aliphatic rings. The highest BCUT2D eigenvalue weighted by atomic mass is 35.5. The predicted octanol–water partition coefficient (Wildman–Crippen LogP) is 3.00. The molecule has 4 nitrogen and oxygen atoms in total. The van der Waals surface area contributed by atoms with E-state index in [0.717, 1.165) is 5.56 Å². The van der Waals surface area contributed by atoms with E-state index in [0.29, 0.717) is 18.8 Å². The Bertz CT molecular complexity index is 679. The van der Waals surface area contributed by atoms with Crippen LogP contribution in [0.4, 0.5) is 5.69 Å². The number of rotatable bonds is 5. The molecule has 0 unspecified atom stereocenters. The van der Waals surface area contributed by atoms with Crippen LogP contribution in [-0.4, -0.2) is 9.78 Å². The van der Waals surface area contributed by atoms with Gasteiger partial charge in [-0.1, -0.05) is 41.9 Å². The highest BCUT2D eigenvalue weighted by Crippen LogP contribution is 2.17. The van der Waals surface area contributed by atoms with Gasteiger partial charge in [-0.15, -0.1) is 6.58 Å². The standard InChI is InChI=1S/C15H16ClN3O/c1-3-8-19-15(20)14(16)13(10-18-19)17-9-12-7-5-4-6-11(12)2/h3-7,10,17H,1,8-9H2,2H3. The van der Waals surface area contributed by atoms with E-state index in [-0.39, 0.29) is 10.6 Å². The van der Waals surface area contributed by atoms with E-state index in [1.165, 1.54) is 10.2 Å². The van der Waals surface area contributed by atoms with Gasteiger partial charge in [-0.2, -0.15) is 5.10 Å². The Kier molecular flexibility index (Phi) is 4.58. The summed E-state index contributed by atoms with van der Waals surface area (Å²) in [6, 6.07) is 8.04. The van der Waals surface area contributed by atoms with Gasteiger partial charge < -0.3 is 5.32 Å². The first-order valence-electron chi connectivity index (χ1n) is 6.28. The SMILES string of the molecule is C=CCn1ncc(NCc2ccccc2C)c(Cl)c1=O. The van der Waals surface area contributed by atoms with E-state index in [1.807, 2.05) is 31.2 Å². The van der Waals surface area contributed by atoms with Crippen LogP contribution in [0.25, 0.3) is 0 Å². The molecule has 20 heavy (non-hydrogen) atoms. The second-order valence-corrected chi connectivity index (χ2v) is 4.81. The highest BCUT2D eigenvalue weighted by molar-refractivity contribution is 6.32. The third-order valence-corrected chi connectivity index (χ3v) is 3.38. The van der Waals surface area contributed by atoms with Crippen molar-refractivity contribution in [2.24, 2.45) is 0 Å². The fourth-order valence-electron chi connectivity index (χ4n) is 1.84. The Labute approximate surface area is 122 Å². The number of aryl methyl sites for hydroxylation is 1. The summed E-state index contributed by atoms with van der Waals surface area (Å²) in [6.45, 7) is 6.56. The predicted molar refractivity (Wildman–Crippen MR) is 82.2 cm³/mol. The lowest BCUT2D eigenvalue weighted by atomic mass is 10.1. The molecule has 0 atom stereocenters. The fourth-order valence-corrected chi connectivity index (χ4v) is 2.05. The summed E-state index contributed by atoms with van der Waals surface area (Å²) in [5.41, 5.74) is 2.56. The van der Waals surface area contributed by atoms with Crippen LogP contribution in [0, 0.1) is 6.92 Å². The van der Waals surface area contributed by atoms with Crippen molar-refractivity contribution in [3.05, 3.63) is 69.6 Å². The van der Waals surface area contributed by atoms with Crippen LogP contribution < -0.4 is 10.9 Å². The van der Waals surface area contributed by atoms with Gasteiger partial charge in [0.05, 0.1) is 18.4 Å². The second-order valence-electron chi connectivity index (χ2n) is 4.43. The minimum absolute atomic E-state index is 0.149. The van der Waals surface area contributed by atoms with E-state index in [9.17, 15) is 4.79 Å². The molecule has 1 aromatic carbocycles. The smallest absolute Gasteiger partial charge is 0.287 e. The maximum absolute atomic E-state index is 11.9. The van der Waals surface area contributed by atoms with Crippen molar-refractivity contribution in [1.82, 2.24) is 9.78 Å². The van der Waals surface area contributed by atoms with Crippen LogP contribution in [0.3, 0.4) is 0 Å². The highest BCUT2D eigenvalue weighted by Gasteiger charge is 2.08. The molecule has 1 N–H and O–H groups in total. The Morgan fingerprint density at radius 1 is 1.45 bits per heavy atom. The van der Waals surface area contributed by atoms with Crippen molar-refractivity contribution in [3.63, 3.8) is 0 Å². The molecule has 0 bridgehead atoms. The molecule has 1 heterocycles. The maximum atomic E-state index is 11.9. The lowest BCUT2D eigenvalue weighted by Gasteiger charge is -2.11. The van der Waals surface area contributed by atoms with Crippen molar-refractivity contribution in [3.8, 4) is 0 Å². The molecule has 5 heteroatoms. The quantitative estimate of drug-likeness (QED) is 0.861. The summed E-state index contributed by atoms with van der Waals surface area (Å²) in [7, 11) is 0. The van der Waals surface area contributed by atoms with Crippen molar-refractivity contribution >= 4 is 17.3 Å². The molecular weight excluding hydrogens is 274 g/mol. The molecule has 2 rings (SSSR count). The Morgan fingerprint density at radius 3 is 2.90 bits per heavy atom. The molecule has 2 aromatic rings. The fraction of sp³-hybridized carbons (Fsp3) is 0.200. The van der Waals surface area contributed by atoms with Crippen LogP contribution >= 0.6 is 11.6 Å². The monoisotopic (exact) mass is 289 g/mol. The molecule has 0 saturated heterocycles. The van der Waals surface area contributed by atoms with Crippen LogP contribution in [0.1, 0.15) is 11.1 Å². The van der Waals surface area contributed by atoms with E-state index in [4.69, 9.17) is 11.6 Å².